The molecular formula is C30H32FN5O2. The lowest BCUT2D eigenvalue weighted by Crippen LogP contribution is -2.35. The summed E-state index contributed by atoms with van der Waals surface area (Å²) in [5, 5.41) is 11.8. The van der Waals surface area contributed by atoms with Gasteiger partial charge in [0.2, 0.25) is 0 Å². The van der Waals surface area contributed by atoms with Gasteiger partial charge in [-0.05, 0) is 75.2 Å². The Labute approximate surface area is 222 Å². The zero-order chi connectivity index (χ0) is 26.8. The number of allylic oxidation sites excluding steroid dienone is 2. The molecule has 0 atom stereocenters. The van der Waals surface area contributed by atoms with E-state index in [9.17, 15) is 9.18 Å². The number of hydrogen-bond acceptors (Lipinski definition) is 6. The molecule has 0 saturated carbocycles. The molecule has 3 aromatic rings. The van der Waals surface area contributed by atoms with E-state index in [1.807, 2.05) is 66.9 Å². The highest BCUT2D eigenvalue weighted by Crippen LogP contribution is 2.37. The summed E-state index contributed by atoms with van der Waals surface area (Å²) in [5.41, 5.74) is 5.85. The van der Waals surface area contributed by atoms with E-state index in [1.165, 1.54) is 12.1 Å². The number of rotatable bonds is 7. The van der Waals surface area contributed by atoms with E-state index in [-0.39, 0.29) is 24.3 Å². The lowest BCUT2D eigenvalue weighted by Gasteiger charge is -2.31. The molecule has 2 aliphatic rings. The normalized spacial score (nSPS) is 15.1. The third-order valence-electron chi connectivity index (χ3n) is 6.61. The Morgan fingerprint density at radius 3 is 2.61 bits per heavy atom. The zero-order valence-corrected chi connectivity index (χ0v) is 22.0. The van der Waals surface area contributed by atoms with E-state index in [0.717, 1.165) is 64.8 Å². The number of hydrogen-bond donors (Lipinski definition) is 0. The van der Waals surface area contributed by atoms with E-state index in [1.54, 1.807) is 12.1 Å². The molecule has 0 amide bonds. The minimum absolute atomic E-state index is 0.155. The SMILES string of the molecule is C=C1C=CC(c2c(-c3ccc(F)cc3)nn3c2N(CCC(=O)OC(C)C)CCC3)=NN1c1ccccc1C. The van der Waals surface area contributed by atoms with Crippen molar-refractivity contribution in [1.82, 2.24) is 9.78 Å². The standard InChI is InChI=1S/C30H32FN5O2/c1-20(2)38-27(37)16-19-34-17-7-18-35-30(34)28(29(33-35)23-11-13-24(31)14-12-23)25-15-10-22(4)36(32-25)26-9-6-5-8-21(26)3/h5-6,8-15,20H,4,7,16-19H2,1-3H3. The van der Waals surface area contributed by atoms with Crippen LogP contribution in [0.15, 0.2) is 78.1 Å². The average molecular weight is 514 g/mol. The summed E-state index contributed by atoms with van der Waals surface area (Å²) in [6.45, 7) is 12.0. The van der Waals surface area contributed by atoms with Crippen LogP contribution in [0.25, 0.3) is 11.3 Å². The van der Waals surface area contributed by atoms with Crippen molar-refractivity contribution >= 4 is 23.2 Å². The molecule has 0 radical (unpaired) electrons. The highest BCUT2D eigenvalue weighted by molar-refractivity contribution is 6.17. The van der Waals surface area contributed by atoms with Crippen molar-refractivity contribution in [2.24, 2.45) is 5.10 Å². The molecular weight excluding hydrogens is 481 g/mol. The molecule has 2 aliphatic heterocycles. The molecule has 0 fully saturated rings. The number of esters is 1. The summed E-state index contributed by atoms with van der Waals surface area (Å²) in [5.74, 6) is 0.365. The van der Waals surface area contributed by atoms with Gasteiger partial charge in [-0.15, -0.1) is 0 Å². The first kappa shape index (κ1) is 25.4. The van der Waals surface area contributed by atoms with Crippen LogP contribution in [0.2, 0.25) is 0 Å². The number of halogens is 1. The molecule has 7 nitrogen and oxygen atoms in total. The largest absolute Gasteiger partial charge is 0.463 e. The number of fused-ring (bicyclic) bond motifs is 1. The summed E-state index contributed by atoms with van der Waals surface area (Å²) in [7, 11) is 0. The second-order valence-corrected chi connectivity index (χ2v) is 9.81. The number of anilines is 2. The van der Waals surface area contributed by atoms with Crippen LogP contribution in [0, 0.1) is 12.7 Å². The van der Waals surface area contributed by atoms with Crippen LogP contribution in [0.1, 0.15) is 37.8 Å². The first-order valence-electron chi connectivity index (χ1n) is 12.9. The average Bonchev–Trinajstić information content (AvgIpc) is 3.28. The van der Waals surface area contributed by atoms with E-state index < -0.39 is 0 Å². The Hall–Kier alpha value is -4.20. The molecule has 196 valence electrons. The van der Waals surface area contributed by atoms with Crippen molar-refractivity contribution in [3.05, 3.63) is 89.9 Å². The number of carbonyl (C=O) groups excluding carboxylic acids is 1. The van der Waals surface area contributed by atoms with Crippen molar-refractivity contribution in [2.75, 3.05) is 23.0 Å². The molecule has 0 saturated heterocycles. The van der Waals surface area contributed by atoms with Gasteiger partial charge in [-0.25, -0.2) is 14.1 Å². The first-order chi connectivity index (χ1) is 18.3. The van der Waals surface area contributed by atoms with Gasteiger partial charge in [0.1, 0.15) is 17.3 Å². The third-order valence-corrected chi connectivity index (χ3v) is 6.61. The molecule has 8 heteroatoms. The van der Waals surface area contributed by atoms with Gasteiger partial charge in [0, 0.05) is 25.2 Å². The molecule has 0 N–H and O–H groups in total. The van der Waals surface area contributed by atoms with Crippen molar-refractivity contribution in [2.45, 2.75) is 46.3 Å². The highest BCUT2D eigenvalue weighted by Gasteiger charge is 2.31. The van der Waals surface area contributed by atoms with E-state index in [4.69, 9.17) is 14.9 Å². The van der Waals surface area contributed by atoms with Gasteiger partial charge >= 0.3 is 5.97 Å². The molecule has 0 spiro atoms. The smallest absolute Gasteiger partial charge is 0.307 e. The van der Waals surface area contributed by atoms with Crippen molar-refractivity contribution in [3.8, 4) is 11.3 Å². The maximum absolute atomic E-state index is 13.8. The number of aromatic nitrogens is 2. The molecule has 0 unspecified atom stereocenters. The molecule has 0 bridgehead atoms. The van der Waals surface area contributed by atoms with Gasteiger partial charge in [-0.1, -0.05) is 24.8 Å². The quantitative estimate of drug-likeness (QED) is 0.371. The topological polar surface area (TPSA) is 63.0 Å². The second-order valence-electron chi connectivity index (χ2n) is 9.81. The highest BCUT2D eigenvalue weighted by atomic mass is 19.1. The van der Waals surface area contributed by atoms with Crippen LogP contribution >= 0.6 is 0 Å². The van der Waals surface area contributed by atoms with Crippen molar-refractivity contribution < 1.29 is 13.9 Å². The fourth-order valence-electron chi connectivity index (χ4n) is 4.85. The van der Waals surface area contributed by atoms with Gasteiger partial charge in [0.05, 0.1) is 35.2 Å². The molecule has 2 aromatic carbocycles. The number of nitrogens with zero attached hydrogens (tertiary/aromatic N) is 5. The van der Waals surface area contributed by atoms with Crippen LogP contribution in [0.3, 0.4) is 0 Å². The minimum Gasteiger partial charge on any atom is -0.463 e. The Bertz CT molecular complexity index is 1420. The van der Waals surface area contributed by atoms with Crippen LogP contribution in [0.4, 0.5) is 15.9 Å². The number of aryl methyl sites for hydroxylation is 2. The van der Waals surface area contributed by atoms with Crippen LogP contribution in [-0.4, -0.2) is 40.7 Å². The van der Waals surface area contributed by atoms with Gasteiger partial charge < -0.3 is 9.64 Å². The maximum atomic E-state index is 13.8. The third kappa shape index (κ3) is 5.11. The van der Waals surface area contributed by atoms with Crippen LogP contribution in [-0.2, 0) is 16.1 Å². The second kappa shape index (κ2) is 10.7. The Morgan fingerprint density at radius 1 is 1.11 bits per heavy atom. The van der Waals surface area contributed by atoms with Gasteiger partial charge in [0.25, 0.3) is 0 Å². The number of para-hydroxylation sites is 1. The van der Waals surface area contributed by atoms with Gasteiger partial charge in [-0.3, -0.25) is 4.79 Å². The number of ether oxygens (including phenoxy) is 1. The van der Waals surface area contributed by atoms with Crippen LogP contribution < -0.4 is 9.91 Å². The summed E-state index contributed by atoms with van der Waals surface area (Å²) in [6.07, 6.45) is 4.90. The fourth-order valence-corrected chi connectivity index (χ4v) is 4.85. The van der Waals surface area contributed by atoms with Gasteiger partial charge in [-0.2, -0.15) is 10.2 Å². The van der Waals surface area contributed by atoms with E-state index in [0.29, 0.717) is 6.54 Å². The van der Waals surface area contributed by atoms with Crippen LogP contribution in [0.5, 0.6) is 0 Å². The van der Waals surface area contributed by atoms with Crippen molar-refractivity contribution in [3.63, 3.8) is 0 Å². The molecule has 0 aliphatic carbocycles. The van der Waals surface area contributed by atoms with Crippen molar-refractivity contribution in [1.29, 1.82) is 0 Å². The maximum Gasteiger partial charge on any atom is 0.307 e. The summed E-state index contributed by atoms with van der Waals surface area (Å²) in [4.78, 5) is 14.5. The monoisotopic (exact) mass is 513 g/mol. The first-order valence-corrected chi connectivity index (χ1v) is 12.9. The predicted octanol–water partition coefficient (Wildman–Crippen LogP) is 5.84. The fraction of sp³-hybridized carbons (Fsp3) is 0.300. The summed E-state index contributed by atoms with van der Waals surface area (Å²) < 4.78 is 21.2. The lowest BCUT2D eigenvalue weighted by atomic mass is 10.0. The Kier molecular flexibility index (Phi) is 7.13. The molecule has 38 heavy (non-hydrogen) atoms. The summed E-state index contributed by atoms with van der Waals surface area (Å²) >= 11 is 0. The predicted molar refractivity (Wildman–Crippen MR) is 149 cm³/mol. The van der Waals surface area contributed by atoms with E-state index in [2.05, 4.69) is 11.5 Å². The Morgan fingerprint density at radius 2 is 1.87 bits per heavy atom. The minimum atomic E-state index is -0.304. The molecule has 3 heterocycles. The molecule has 5 rings (SSSR count). The van der Waals surface area contributed by atoms with Gasteiger partial charge in [0.15, 0.2) is 0 Å². The number of carbonyl (C=O) groups is 1. The zero-order valence-electron chi connectivity index (χ0n) is 22.0. The molecule has 1 aromatic heterocycles. The number of hydrazone groups is 1. The number of benzene rings is 2. The summed E-state index contributed by atoms with van der Waals surface area (Å²) in [6, 6.07) is 14.4. The Balaban J connectivity index is 1.61. The van der Waals surface area contributed by atoms with E-state index >= 15 is 0 Å². The lowest BCUT2D eigenvalue weighted by molar-refractivity contribution is -0.147.